The lowest BCUT2D eigenvalue weighted by molar-refractivity contribution is -0.111. The Morgan fingerprint density at radius 2 is 1.95 bits per heavy atom. The Morgan fingerprint density at radius 1 is 1.24 bits per heavy atom. The maximum Gasteiger partial charge on any atom is 0.248 e. The molecule has 3 nitrogen and oxygen atoms in total. The van der Waals surface area contributed by atoms with E-state index in [4.69, 9.17) is 16.3 Å². The number of anilines is 1. The third-order valence-electron chi connectivity index (χ3n) is 2.72. The third kappa shape index (κ3) is 4.62. The van der Waals surface area contributed by atoms with Crippen molar-refractivity contribution in [3.05, 3.63) is 63.6 Å². The molecular formula is C16H13BrClNO2. The molecule has 0 saturated carbocycles. The van der Waals surface area contributed by atoms with Gasteiger partial charge in [0.05, 0.1) is 7.11 Å². The van der Waals surface area contributed by atoms with Gasteiger partial charge in [0.15, 0.2) is 0 Å². The number of methoxy groups -OCH3 is 1. The lowest BCUT2D eigenvalue weighted by Crippen LogP contribution is -2.07. The van der Waals surface area contributed by atoms with Gasteiger partial charge in [-0.25, -0.2) is 0 Å². The van der Waals surface area contributed by atoms with Crippen molar-refractivity contribution in [3.63, 3.8) is 0 Å². The van der Waals surface area contributed by atoms with Gasteiger partial charge in [-0.15, -0.1) is 0 Å². The molecule has 0 aromatic heterocycles. The largest absolute Gasteiger partial charge is 0.496 e. The highest BCUT2D eigenvalue weighted by Gasteiger charge is 2.02. The van der Waals surface area contributed by atoms with E-state index < -0.39 is 0 Å². The molecule has 0 aliphatic rings. The van der Waals surface area contributed by atoms with Crippen LogP contribution in [0.1, 0.15) is 5.56 Å². The van der Waals surface area contributed by atoms with E-state index >= 15 is 0 Å². The van der Waals surface area contributed by atoms with Crippen LogP contribution in [0.15, 0.2) is 53.0 Å². The minimum absolute atomic E-state index is 0.223. The van der Waals surface area contributed by atoms with Crippen molar-refractivity contribution in [2.45, 2.75) is 0 Å². The average Bonchev–Trinajstić information content (AvgIpc) is 2.48. The molecule has 0 radical (unpaired) electrons. The molecule has 0 fully saturated rings. The topological polar surface area (TPSA) is 38.3 Å². The first-order valence-corrected chi connectivity index (χ1v) is 7.34. The monoisotopic (exact) mass is 365 g/mol. The molecule has 0 unspecified atom stereocenters. The van der Waals surface area contributed by atoms with Gasteiger partial charge in [0.25, 0.3) is 0 Å². The van der Waals surface area contributed by atoms with Crippen molar-refractivity contribution < 1.29 is 9.53 Å². The summed E-state index contributed by atoms with van der Waals surface area (Å²) in [7, 11) is 1.59. The summed E-state index contributed by atoms with van der Waals surface area (Å²) in [5.74, 6) is 0.480. The van der Waals surface area contributed by atoms with E-state index in [0.29, 0.717) is 16.5 Å². The van der Waals surface area contributed by atoms with E-state index in [-0.39, 0.29) is 5.91 Å². The maximum absolute atomic E-state index is 11.9. The van der Waals surface area contributed by atoms with Gasteiger partial charge in [0.1, 0.15) is 5.75 Å². The van der Waals surface area contributed by atoms with Crippen LogP contribution in [-0.2, 0) is 4.79 Å². The van der Waals surface area contributed by atoms with Crippen LogP contribution in [0.2, 0.25) is 5.02 Å². The second-order valence-corrected chi connectivity index (χ2v) is 5.57. The van der Waals surface area contributed by atoms with Crippen molar-refractivity contribution in [2.75, 3.05) is 12.4 Å². The fourth-order valence-electron chi connectivity index (χ4n) is 1.72. The number of halogens is 2. The molecule has 108 valence electrons. The predicted octanol–water partition coefficient (Wildman–Crippen LogP) is 4.76. The van der Waals surface area contributed by atoms with Crippen LogP contribution >= 0.6 is 27.5 Å². The van der Waals surface area contributed by atoms with Crippen molar-refractivity contribution >= 4 is 45.2 Å². The standard InChI is InChI=1S/C16H13BrClNO2/c1-21-15-8-3-12(17)10-11(15)2-9-16(20)19-14-6-4-13(18)5-7-14/h2-10H,1H3,(H,19,20)/b9-2+. The van der Waals surface area contributed by atoms with Gasteiger partial charge < -0.3 is 10.1 Å². The summed E-state index contributed by atoms with van der Waals surface area (Å²) >= 11 is 9.18. The molecule has 2 aromatic rings. The summed E-state index contributed by atoms with van der Waals surface area (Å²) in [4.78, 5) is 11.9. The van der Waals surface area contributed by atoms with Gasteiger partial charge in [-0.3, -0.25) is 4.79 Å². The Bertz CT molecular complexity index is 668. The first kappa shape index (κ1) is 15.6. The van der Waals surface area contributed by atoms with Gasteiger partial charge in [-0.1, -0.05) is 27.5 Å². The lowest BCUT2D eigenvalue weighted by Gasteiger charge is -2.05. The summed E-state index contributed by atoms with van der Waals surface area (Å²) in [6, 6.07) is 12.5. The number of benzene rings is 2. The molecule has 0 aliphatic carbocycles. The van der Waals surface area contributed by atoms with E-state index in [9.17, 15) is 4.79 Å². The zero-order chi connectivity index (χ0) is 15.2. The van der Waals surface area contributed by atoms with Gasteiger partial charge in [0.2, 0.25) is 5.91 Å². The number of carbonyl (C=O) groups excluding carboxylic acids is 1. The number of carbonyl (C=O) groups is 1. The molecule has 0 heterocycles. The second kappa shape index (κ2) is 7.29. The van der Waals surface area contributed by atoms with E-state index in [0.717, 1.165) is 10.0 Å². The van der Waals surface area contributed by atoms with Crippen molar-refractivity contribution in [2.24, 2.45) is 0 Å². The van der Waals surface area contributed by atoms with Crippen LogP contribution < -0.4 is 10.1 Å². The Morgan fingerprint density at radius 3 is 2.62 bits per heavy atom. The quantitative estimate of drug-likeness (QED) is 0.792. The minimum atomic E-state index is -0.223. The van der Waals surface area contributed by atoms with Gasteiger partial charge in [-0.2, -0.15) is 0 Å². The molecule has 1 amide bonds. The summed E-state index contributed by atoms with van der Waals surface area (Å²) in [6.07, 6.45) is 3.16. The van der Waals surface area contributed by atoms with Gasteiger partial charge in [-0.05, 0) is 48.5 Å². The van der Waals surface area contributed by atoms with E-state index in [1.54, 1.807) is 37.5 Å². The van der Waals surface area contributed by atoms with E-state index in [2.05, 4.69) is 21.2 Å². The van der Waals surface area contributed by atoms with E-state index in [1.165, 1.54) is 6.08 Å². The number of nitrogens with one attached hydrogen (secondary N) is 1. The Kier molecular flexibility index (Phi) is 5.42. The number of ether oxygens (including phenoxy) is 1. The molecular weight excluding hydrogens is 354 g/mol. The van der Waals surface area contributed by atoms with Crippen LogP contribution in [0.5, 0.6) is 5.75 Å². The number of amides is 1. The predicted molar refractivity (Wildman–Crippen MR) is 89.8 cm³/mol. The zero-order valence-electron chi connectivity index (χ0n) is 11.3. The highest BCUT2D eigenvalue weighted by atomic mass is 79.9. The van der Waals surface area contributed by atoms with Crippen molar-refractivity contribution in [1.29, 1.82) is 0 Å². The fourth-order valence-corrected chi connectivity index (χ4v) is 2.22. The second-order valence-electron chi connectivity index (χ2n) is 4.22. The molecule has 5 heteroatoms. The molecule has 0 bridgehead atoms. The SMILES string of the molecule is COc1ccc(Br)cc1/C=C/C(=O)Nc1ccc(Cl)cc1. The van der Waals surface area contributed by atoms with Crippen molar-refractivity contribution in [3.8, 4) is 5.75 Å². The number of hydrogen-bond donors (Lipinski definition) is 1. The first-order valence-electron chi connectivity index (χ1n) is 6.16. The third-order valence-corrected chi connectivity index (χ3v) is 3.46. The smallest absolute Gasteiger partial charge is 0.248 e. The van der Waals surface area contributed by atoms with Crippen LogP contribution in [0.3, 0.4) is 0 Å². The molecule has 0 aliphatic heterocycles. The molecule has 2 rings (SSSR count). The fraction of sp³-hybridized carbons (Fsp3) is 0.0625. The molecule has 2 aromatic carbocycles. The van der Waals surface area contributed by atoms with Crippen LogP contribution in [0, 0.1) is 0 Å². The highest BCUT2D eigenvalue weighted by molar-refractivity contribution is 9.10. The molecule has 0 spiro atoms. The summed E-state index contributed by atoms with van der Waals surface area (Å²) in [5, 5.41) is 3.38. The molecule has 1 N–H and O–H groups in total. The normalized spacial score (nSPS) is 10.6. The van der Waals surface area contributed by atoms with Gasteiger partial charge >= 0.3 is 0 Å². The molecule has 0 atom stereocenters. The van der Waals surface area contributed by atoms with Crippen LogP contribution in [0.25, 0.3) is 6.08 Å². The molecule has 21 heavy (non-hydrogen) atoms. The Balaban J connectivity index is 2.08. The van der Waals surface area contributed by atoms with Crippen molar-refractivity contribution in [1.82, 2.24) is 0 Å². The zero-order valence-corrected chi connectivity index (χ0v) is 13.6. The lowest BCUT2D eigenvalue weighted by atomic mass is 10.2. The number of rotatable bonds is 4. The van der Waals surface area contributed by atoms with E-state index in [1.807, 2.05) is 18.2 Å². The molecule has 0 saturated heterocycles. The average molecular weight is 367 g/mol. The minimum Gasteiger partial charge on any atom is -0.496 e. The highest BCUT2D eigenvalue weighted by Crippen LogP contribution is 2.24. The van der Waals surface area contributed by atoms with Crippen LogP contribution in [0.4, 0.5) is 5.69 Å². The summed E-state index contributed by atoms with van der Waals surface area (Å²) in [5.41, 5.74) is 1.51. The number of hydrogen-bond acceptors (Lipinski definition) is 2. The van der Waals surface area contributed by atoms with Gasteiger partial charge in [0, 0.05) is 26.8 Å². The maximum atomic E-state index is 11.9. The Labute approximate surface area is 136 Å². The summed E-state index contributed by atoms with van der Waals surface area (Å²) < 4.78 is 6.16. The van der Waals surface area contributed by atoms with Crippen LogP contribution in [-0.4, -0.2) is 13.0 Å². The summed E-state index contributed by atoms with van der Waals surface area (Å²) in [6.45, 7) is 0. The Hall–Kier alpha value is -1.78. The first-order chi connectivity index (χ1) is 10.1.